The summed E-state index contributed by atoms with van der Waals surface area (Å²) in [7, 11) is 0. The van der Waals surface area contributed by atoms with Crippen LogP contribution < -0.4 is 10.1 Å². The molecule has 0 aliphatic carbocycles. The normalized spacial score (nSPS) is 15.4. The smallest absolute Gasteiger partial charge is 0.235 e. The molecule has 0 saturated carbocycles. The van der Waals surface area contributed by atoms with Crippen molar-refractivity contribution in [2.75, 3.05) is 18.5 Å². The fourth-order valence-electron chi connectivity index (χ4n) is 3.75. The maximum Gasteiger partial charge on any atom is 0.235 e. The van der Waals surface area contributed by atoms with Gasteiger partial charge >= 0.3 is 0 Å². The van der Waals surface area contributed by atoms with Gasteiger partial charge in [0.1, 0.15) is 12.4 Å². The van der Waals surface area contributed by atoms with Crippen LogP contribution >= 0.6 is 0 Å². The van der Waals surface area contributed by atoms with Gasteiger partial charge in [0.05, 0.1) is 5.41 Å². The van der Waals surface area contributed by atoms with Gasteiger partial charge in [-0.15, -0.1) is 0 Å². The molecule has 148 valence electrons. The largest absolute Gasteiger partial charge is 0.489 e. The highest BCUT2D eigenvalue weighted by Crippen LogP contribution is 2.36. The van der Waals surface area contributed by atoms with Gasteiger partial charge in [-0.2, -0.15) is 0 Å². The Kier molecular flexibility index (Phi) is 5.92. The molecule has 0 aromatic heterocycles. The molecule has 1 N–H and O–H groups in total. The summed E-state index contributed by atoms with van der Waals surface area (Å²) in [6.45, 7) is 1.70. The number of amides is 1. The summed E-state index contributed by atoms with van der Waals surface area (Å²) in [6.07, 6.45) is 1.36. The average Bonchev–Trinajstić information content (AvgIpc) is 2.80. The van der Waals surface area contributed by atoms with Crippen molar-refractivity contribution in [2.24, 2.45) is 0 Å². The number of carbonyl (C=O) groups excluding carboxylic acids is 1. The molecule has 3 aromatic rings. The van der Waals surface area contributed by atoms with Gasteiger partial charge in [0, 0.05) is 18.9 Å². The molecule has 0 atom stereocenters. The van der Waals surface area contributed by atoms with E-state index in [9.17, 15) is 4.79 Å². The Bertz CT molecular complexity index is 917. The minimum absolute atomic E-state index is 0.0185. The first-order chi connectivity index (χ1) is 14.3. The van der Waals surface area contributed by atoms with E-state index in [-0.39, 0.29) is 5.91 Å². The third kappa shape index (κ3) is 4.49. The summed E-state index contributed by atoms with van der Waals surface area (Å²) in [5, 5.41) is 3.10. The first-order valence-electron chi connectivity index (χ1n) is 9.98. The van der Waals surface area contributed by atoms with Crippen molar-refractivity contribution in [1.82, 2.24) is 0 Å². The highest BCUT2D eigenvalue weighted by Gasteiger charge is 2.41. The summed E-state index contributed by atoms with van der Waals surface area (Å²) >= 11 is 0. The van der Waals surface area contributed by atoms with Crippen LogP contribution in [0.1, 0.15) is 24.0 Å². The zero-order chi connectivity index (χ0) is 19.9. The number of carbonyl (C=O) groups is 1. The van der Waals surface area contributed by atoms with Crippen LogP contribution in [0.15, 0.2) is 84.9 Å². The number of hydrogen-bond donors (Lipinski definition) is 1. The standard InChI is InChI=1S/C25H25NO3/c27-24(25(15-17-28-18-16-25)21-9-5-2-6-10-21)26-22-11-13-23(14-12-22)29-19-20-7-3-1-4-8-20/h1-14H,15-19H2,(H,26,27). The van der Waals surface area contributed by atoms with E-state index < -0.39 is 5.41 Å². The number of rotatable bonds is 6. The Morgan fingerprint density at radius 2 is 1.48 bits per heavy atom. The molecular weight excluding hydrogens is 362 g/mol. The lowest BCUT2D eigenvalue weighted by Gasteiger charge is -2.36. The van der Waals surface area contributed by atoms with Crippen molar-refractivity contribution >= 4 is 11.6 Å². The van der Waals surface area contributed by atoms with E-state index in [1.54, 1.807) is 0 Å². The Morgan fingerprint density at radius 3 is 2.14 bits per heavy atom. The van der Waals surface area contributed by atoms with E-state index in [2.05, 4.69) is 5.32 Å². The topological polar surface area (TPSA) is 47.6 Å². The molecule has 0 unspecified atom stereocenters. The number of ether oxygens (including phenoxy) is 2. The van der Waals surface area contributed by atoms with Gasteiger partial charge in [-0.25, -0.2) is 0 Å². The minimum atomic E-state index is -0.554. The van der Waals surface area contributed by atoms with Gasteiger partial charge in [0.25, 0.3) is 0 Å². The van der Waals surface area contributed by atoms with Crippen molar-refractivity contribution in [3.63, 3.8) is 0 Å². The van der Waals surface area contributed by atoms with Crippen molar-refractivity contribution in [1.29, 1.82) is 0 Å². The number of hydrogen-bond acceptors (Lipinski definition) is 3. The van der Waals surface area contributed by atoms with Crippen molar-refractivity contribution in [3.05, 3.63) is 96.1 Å². The highest BCUT2D eigenvalue weighted by atomic mass is 16.5. The lowest BCUT2D eigenvalue weighted by atomic mass is 9.73. The van der Waals surface area contributed by atoms with E-state index in [0.717, 1.165) is 22.6 Å². The first-order valence-corrected chi connectivity index (χ1v) is 9.98. The quantitative estimate of drug-likeness (QED) is 0.651. The molecule has 29 heavy (non-hydrogen) atoms. The summed E-state index contributed by atoms with van der Waals surface area (Å²) in [4.78, 5) is 13.3. The van der Waals surface area contributed by atoms with E-state index >= 15 is 0 Å². The molecule has 1 saturated heterocycles. The monoisotopic (exact) mass is 387 g/mol. The maximum atomic E-state index is 13.3. The van der Waals surface area contributed by atoms with Crippen molar-refractivity contribution in [2.45, 2.75) is 24.9 Å². The zero-order valence-electron chi connectivity index (χ0n) is 16.3. The first kappa shape index (κ1) is 19.2. The van der Waals surface area contributed by atoms with Crippen molar-refractivity contribution < 1.29 is 14.3 Å². The van der Waals surface area contributed by atoms with Crippen LogP contribution in [0.2, 0.25) is 0 Å². The molecule has 4 rings (SSSR count). The molecule has 0 bridgehead atoms. The molecule has 1 heterocycles. The lowest BCUT2D eigenvalue weighted by molar-refractivity contribution is -0.125. The third-order valence-electron chi connectivity index (χ3n) is 5.47. The highest BCUT2D eigenvalue weighted by molar-refractivity contribution is 5.99. The maximum absolute atomic E-state index is 13.3. The second-order valence-corrected chi connectivity index (χ2v) is 7.31. The molecule has 0 radical (unpaired) electrons. The van der Waals surface area contributed by atoms with E-state index in [1.807, 2.05) is 84.9 Å². The van der Waals surface area contributed by atoms with Crippen LogP contribution in [-0.2, 0) is 21.6 Å². The number of anilines is 1. The molecule has 0 spiro atoms. The van der Waals surface area contributed by atoms with Crippen LogP contribution in [0.3, 0.4) is 0 Å². The fraction of sp³-hybridized carbons (Fsp3) is 0.240. The van der Waals surface area contributed by atoms with Crippen LogP contribution in [0.4, 0.5) is 5.69 Å². The Hall–Kier alpha value is -3.11. The summed E-state index contributed by atoms with van der Waals surface area (Å²) in [5.41, 5.74) is 2.38. The zero-order valence-corrected chi connectivity index (χ0v) is 16.3. The van der Waals surface area contributed by atoms with Gasteiger partial charge < -0.3 is 14.8 Å². The molecule has 1 aliphatic heterocycles. The average molecular weight is 387 g/mol. The molecule has 3 aromatic carbocycles. The SMILES string of the molecule is O=C(Nc1ccc(OCc2ccccc2)cc1)C1(c2ccccc2)CCOCC1. The molecule has 1 fully saturated rings. The van der Waals surface area contributed by atoms with Crippen LogP contribution in [0, 0.1) is 0 Å². The van der Waals surface area contributed by atoms with Gasteiger partial charge in [0.15, 0.2) is 0 Å². The van der Waals surface area contributed by atoms with Crippen molar-refractivity contribution in [3.8, 4) is 5.75 Å². The summed E-state index contributed by atoms with van der Waals surface area (Å²) < 4.78 is 11.4. The van der Waals surface area contributed by atoms with Crippen LogP contribution in [-0.4, -0.2) is 19.1 Å². The van der Waals surface area contributed by atoms with Gasteiger partial charge in [0.2, 0.25) is 5.91 Å². The molecule has 4 nitrogen and oxygen atoms in total. The van der Waals surface area contributed by atoms with E-state index in [0.29, 0.717) is 32.7 Å². The molecule has 1 amide bonds. The lowest BCUT2D eigenvalue weighted by Crippen LogP contribution is -2.44. The second-order valence-electron chi connectivity index (χ2n) is 7.31. The van der Waals surface area contributed by atoms with Gasteiger partial charge in [-0.1, -0.05) is 60.7 Å². The molecule has 4 heteroatoms. The van der Waals surface area contributed by atoms with E-state index in [1.165, 1.54) is 0 Å². The summed E-state index contributed by atoms with van der Waals surface area (Å²) in [6, 6.07) is 27.6. The van der Waals surface area contributed by atoms with Gasteiger partial charge in [-0.3, -0.25) is 4.79 Å². The third-order valence-corrected chi connectivity index (χ3v) is 5.47. The van der Waals surface area contributed by atoms with Gasteiger partial charge in [-0.05, 0) is 48.2 Å². The summed E-state index contributed by atoms with van der Waals surface area (Å²) in [5.74, 6) is 0.792. The minimum Gasteiger partial charge on any atom is -0.489 e. The fourth-order valence-corrected chi connectivity index (χ4v) is 3.75. The molecular formula is C25H25NO3. The Labute approximate surface area is 171 Å². The molecule has 1 aliphatic rings. The van der Waals surface area contributed by atoms with Crippen LogP contribution in [0.5, 0.6) is 5.75 Å². The predicted octanol–water partition coefficient (Wildman–Crippen LogP) is 4.95. The van der Waals surface area contributed by atoms with E-state index in [4.69, 9.17) is 9.47 Å². The predicted molar refractivity (Wildman–Crippen MR) is 114 cm³/mol. The Balaban J connectivity index is 1.44. The number of benzene rings is 3. The second kappa shape index (κ2) is 8.93. The Morgan fingerprint density at radius 1 is 0.862 bits per heavy atom. The number of nitrogens with one attached hydrogen (secondary N) is 1. The van der Waals surface area contributed by atoms with Crippen LogP contribution in [0.25, 0.3) is 0 Å².